The van der Waals surface area contributed by atoms with E-state index < -0.39 is 0 Å². The van der Waals surface area contributed by atoms with E-state index in [1.54, 1.807) is 24.3 Å². The third kappa shape index (κ3) is 3.08. The summed E-state index contributed by atoms with van der Waals surface area (Å²) < 4.78 is 5.32. The Hall–Kier alpha value is -1.95. The Morgan fingerprint density at radius 1 is 1.26 bits per heavy atom. The van der Waals surface area contributed by atoms with Crippen molar-refractivity contribution in [2.75, 3.05) is 11.9 Å². The fourth-order valence-corrected chi connectivity index (χ4v) is 2.11. The van der Waals surface area contributed by atoms with E-state index in [0.717, 1.165) is 10.6 Å². The van der Waals surface area contributed by atoms with Gasteiger partial charge in [0.25, 0.3) is 0 Å². The molecule has 100 valence electrons. The topological polar surface area (TPSA) is 58.6 Å². The van der Waals surface area contributed by atoms with Gasteiger partial charge in [0.2, 0.25) is 11.8 Å². The number of nitrogens with zero attached hydrogens (tertiary/aromatic N) is 1. The van der Waals surface area contributed by atoms with E-state index in [-0.39, 0.29) is 29.8 Å². The van der Waals surface area contributed by atoms with Gasteiger partial charge in [-0.1, -0.05) is 0 Å². The van der Waals surface area contributed by atoms with Crippen LogP contribution in [0.1, 0.15) is 19.8 Å². The number of imide groups is 1. The van der Waals surface area contributed by atoms with Crippen molar-refractivity contribution in [1.29, 1.82) is 0 Å². The first-order valence-corrected chi connectivity index (χ1v) is 6.42. The van der Waals surface area contributed by atoms with E-state index >= 15 is 0 Å². The molecule has 1 aliphatic rings. The number of hydrogen-bond donors (Lipinski definition) is 1. The van der Waals surface area contributed by atoms with Gasteiger partial charge in [-0.2, -0.15) is 0 Å². The molecular weight excluding hydrogens is 264 g/mol. The minimum atomic E-state index is -0.256. The molecule has 1 aromatic carbocycles. The van der Waals surface area contributed by atoms with E-state index in [9.17, 15) is 9.59 Å². The molecule has 1 saturated heterocycles. The molecule has 0 atom stereocenters. The summed E-state index contributed by atoms with van der Waals surface area (Å²) in [6.07, 6.45) is 0.452. The first-order chi connectivity index (χ1) is 9.11. The number of thiocarbonyl (C=S) groups is 1. The minimum Gasteiger partial charge on any atom is -0.494 e. The molecule has 2 rings (SSSR count). The lowest BCUT2D eigenvalue weighted by Crippen LogP contribution is -2.38. The Kier molecular flexibility index (Phi) is 4.11. The Bertz CT molecular complexity index is 497. The quantitative estimate of drug-likeness (QED) is 0.676. The first-order valence-electron chi connectivity index (χ1n) is 6.01. The standard InChI is InChI=1S/C13H14N2O3S/c1-2-18-10-5-3-9(4-6-10)14-13(19)15-11(16)7-8-12(15)17/h3-6H,2,7-8H2,1H3,(H,14,19). The van der Waals surface area contributed by atoms with Gasteiger partial charge in [0.05, 0.1) is 6.61 Å². The van der Waals surface area contributed by atoms with E-state index in [4.69, 9.17) is 17.0 Å². The SMILES string of the molecule is CCOc1ccc(NC(=S)N2C(=O)CCC2=O)cc1. The van der Waals surface area contributed by atoms with Crippen molar-refractivity contribution < 1.29 is 14.3 Å². The molecule has 1 N–H and O–H groups in total. The van der Waals surface area contributed by atoms with Crippen LogP contribution in [0.5, 0.6) is 5.75 Å². The molecule has 2 amide bonds. The van der Waals surface area contributed by atoms with Gasteiger partial charge < -0.3 is 10.1 Å². The van der Waals surface area contributed by atoms with Crippen LogP contribution < -0.4 is 10.1 Å². The van der Waals surface area contributed by atoms with Gasteiger partial charge in [-0.15, -0.1) is 0 Å². The lowest BCUT2D eigenvalue weighted by molar-refractivity contribution is -0.133. The maximum absolute atomic E-state index is 11.5. The van der Waals surface area contributed by atoms with Gasteiger partial charge in [0, 0.05) is 18.5 Å². The average Bonchev–Trinajstić information content (AvgIpc) is 2.72. The summed E-state index contributed by atoms with van der Waals surface area (Å²) in [4.78, 5) is 24.0. The molecule has 6 heteroatoms. The Labute approximate surface area is 116 Å². The number of benzene rings is 1. The van der Waals surface area contributed by atoms with Crippen LogP contribution in [0.25, 0.3) is 0 Å². The molecule has 1 aliphatic heterocycles. The molecule has 0 aliphatic carbocycles. The van der Waals surface area contributed by atoms with Gasteiger partial charge in [-0.05, 0) is 43.4 Å². The molecule has 0 saturated carbocycles. The predicted octanol–water partition coefficient (Wildman–Crippen LogP) is 1.93. The van der Waals surface area contributed by atoms with Gasteiger partial charge >= 0.3 is 0 Å². The van der Waals surface area contributed by atoms with Crippen LogP contribution in [0.4, 0.5) is 5.69 Å². The third-order valence-electron chi connectivity index (χ3n) is 2.67. The molecule has 1 aromatic rings. The lowest BCUT2D eigenvalue weighted by atomic mass is 10.3. The number of anilines is 1. The largest absolute Gasteiger partial charge is 0.494 e. The van der Waals surface area contributed by atoms with Crippen molar-refractivity contribution in [2.45, 2.75) is 19.8 Å². The minimum absolute atomic E-state index is 0.122. The summed E-state index contributed by atoms with van der Waals surface area (Å²) >= 11 is 5.08. The highest BCUT2D eigenvalue weighted by molar-refractivity contribution is 7.80. The van der Waals surface area contributed by atoms with E-state index in [1.807, 2.05) is 6.92 Å². The van der Waals surface area contributed by atoms with Gasteiger partial charge in [0.1, 0.15) is 5.75 Å². The van der Waals surface area contributed by atoms with Crippen molar-refractivity contribution in [3.05, 3.63) is 24.3 Å². The van der Waals surface area contributed by atoms with Crippen molar-refractivity contribution in [1.82, 2.24) is 4.90 Å². The second-order valence-corrected chi connectivity index (χ2v) is 4.40. The van der Waals surface area contributed by atoms with Gasteiger partial charge in [-0.3, -0.25) is 9.59 Å². The predicted molar refractivity (Wildman–Crippen MR) is 74.9 cm³/mol. The fraction of sp³-hybridized carbons (Fsp3) is 0.308. The molecule has 0 unspecified atom stereocenters. The summed E-state index contributed by atoms with van der Waals surface area (Å²) in [7, 11) is 0. The highest BCUT2D eigenvalue weighted by Gasteiger charge is 2.32. The van der Waals surface area contributed by atoms with E-state index in [1.165, 1.54) is 0 Å². The molecule has 5 nitrogen and oxygen atoms in total. The molecule has 0 bridgehead atoms. The number of hydrogen-bond acceptors (Lipinski definition) is 4. The number of likely N-dealkylation sites (tertiary alicyclic amines) is 1. The number of nitrogens with one attached hydrogen (secondary N) is 1. The molecule has 19 heavy (non-hydrogen) atoms. The highest BCUT2D eigenvalue weighted by atomic mass is 32.1. The molecule has 0 aromatic heterocycles. The van der Waals surface area contributed by atoms with Gasteiger partial charge in [0.15, 0.2) is 5.11 Å². The van der Waals surface area contributed by atoms with Crippen LogP contribution >= 0.6 is 12.2 Å². The number of carbonyl (C=O) groups is 2. The van der Waals surface area contributed by atoms with Crippen LogP contribution in [0.2, 0.25) is 0 Å². The molecule has 0 radical (unpaired) electrons. The summed E-state index contributed by atoms with van der Waals surface area (Å²) in [5.41, 5.74) is 0.709. The fourth-order valence-electron chi connectivity index (χ4n) is 1.78. The molecule has 0 spiro atoms. The number of rotatable bonds is 3. The summed E-state index contributed by atoms with van der Waals surface area (Å²) in [6, 6.07) is 7.15. The molecular formula is C13H14N2O3S. The average molecular weight is 278 g/mol. The normalized spacial score (nSPS) is 14.7. The maximum atomic E-state index is 11.5. The van der Waals surface area contributed by atoms with Crippen LogP contribution in [0, 0.1) is 0 Å². The Balaban J connectivity index is 2.02. The number of carbonyl (C=O) groups excluding carboxylic acids is 2. The van der Waals surface area contributed by atoms with E-state index in [0.29, 0.717) is 12.3 Å². The van der Waals surface area contributed by atoms with Crippen molar-refractivity contribution in [3.8, 4) is 5.75 Å². The van der Waals surface area contributed by atoms with Crippen LogP contribution in [-0.4, -0.2) is 28.4 Å². The van der Waals surface area contributed by atoms with E-state index in [2.05, 4.69) is 5.32 Å². The van der Waals surface area contributed by atoms with Crippen LogP contribution in [0.3, 0.4) is 0 Å². The van der Waals surface area contributed by atoms with Crippen molar-refractivity contribution in [2.24, 2.45) is 0 Å². The summed E-state index contributed by atoms with van der Waals surface area (Å²) in [5.74, 6) is 0.245. The molecule has 1 fully saturated rings. The first kappa shape index (κ1) is 13.5. The number of ether oxygens (including phenoxy) is 1. The van der Waals surface area contributed by atoms with Gasteiger partial charge in [-0.25, -0.2) is 4.90 Å². The van der Waals surface area contributed by atoms with Crippen LogP contribution in [0.15, 0.2) is 24.3 Å². The monoisotopic (exact) mass is 278 g/mol. The summed E-state index contributed by atoms with van der Waals surface area (Å²) in [5, 5.41) is 3.00. The number of amides is 2. The zero-order chi connectivity index (χ0) is 13.8. The highest BCUT2D eigenvalue weighted by Crippen LogP contribution is 2.18. The zero-order valence-electron chi connectivity index (χ0n) is 10.5. The Morgan fingerprint density at radius 3 is 2.37 bits per heavy atom. The third-order valence-corrected chi connectivity index (χ3v) is 2.96. The van der Waals surface area contributed by atoms with Crippen LogP contribution in [-0.2, 0) is 9.59 Å². The summed E-state index contributed by atoms with van der Waals surface area (Å²) in [6.45, 7) is 2.51. The molecule has 1 heterocycles. The van der Waals surface area contributed by atoms with Crippen molar-refractivity contribution >= 4 is 34.8 Å². The second kappa shape index (κ2) is 5.79. The Morgan fingerprint density at radius 2 is 1.84 bits per heavy atom. The second-order valence-electron chi connectivity index (χ2n) is 4.01. The zero-order valence-corrected chi connectivity index (χ0v) is 11.3. The maximum Gasteiger partial charge on any atom is 0.236 e. The lowest BCUT2D eigenvalue weighted by Gasteiger charge is -2.16. The van der Waals surface area contributed by atoms with Crippen molar-refractivity contribution in [3.63, 3.8) is 0 Å². The smallest absolute Gasteiger partial charge is 0.236 e.